The van der Waals surface area contributed by atoms with E-state index >= 15 is 0 Å². The predicted molar refractivity (Wildman–Crippen MR) is 133 cm³/mol. The van der Waals surface area contributed by atoms with Crippen molar-refractivity contribution in [2.24, 2.45) is 0 Å². The second kappa shape index (κ2) is 11.9. The second-order valence-corrected chi connectivity index (χ2v) is 11.0. The van der Waals surface area contributed by atoms with Crippen LogP contribution >= 0.6 is 18.9 Å². The number of carbonyl (C=O) groups excluding carboxylic acids is 2. The summed E-state index contributed by atoms with van der Waals surface area (Å²) in [7, 11) is -4.70. The van der Waals surface area contributed by atoms with Gasteiger partial charge in [0.25, 0.3) is 0 Å². The van der Waals surface area contributed by atoms with Gasteiger partial charge in [-0.25, -0.2) is 13.6 Å². The summed E-state index contributed by atoms with van der Waals surface area (Å²) in [5, 5.41) is 2.24. The van der Waals surface area contributed by atoms with Crippen LogP contribution in [0.15, 0.2) is 47.9 Å². The van der Waals surface area contributed by atoms with Crippen molar-refractivity contribution in [3.63, 3.8) is 0 Å². The maximum atomic E-state index is 13.5. The molecule has 3 rings (SSSR count). The Kier molecular flexibility index (Phi) is 9.13. The van der Waals surface area contributed by atoms with Crippen molar-refractivity contribution in [2.45, 2.75) is 39.0 Å². The molecule has 0 saturated heterocycles. The van der Waals surface area contributed by atoms with Gasteiger partial charge >= 0.3 is 13.8 Å². The van der Waals surface area contributed by atoms with E-state index in [1.165, 1.54) is 29.6 Å². The van der Waals surface area contributed by atoms with Crippen molar-refractivity contribution >= 4 is 47.0 Å². The Morgan fingerprint density at radius 2 is 1.89 bits per heavy atom. The summed E-state index contributed by atoms with van der Waals surface area (Å²) in [6.45, 7) is 4.16. The molecule has 7 nitrogen and oxygen atoms in total. The number of ketones is 1. The predicted octanol–water partition coefficient (Wildman–Crippen LogP) is 6.92. The van der Waals surface area contributed by atoms with Crippen LogP contribution in [0.1, 0.15) is 42.6 Å². The quantitative estimate of drug-likeness (QED) is 0.170. The molecule has 2 aromatic carbocycles. The van der Waals surface area contributed by atoms with Gasteiger partial charge in [-0.05, 0) is 60.9 Å². The van der Waals surface area contributed by atoms with Gasteiger partial charge < -0.3 is 14.4 Å². The topological polar surface area (TPSA) is 99.1 Å². The lowest BCUT2D eigenvalue weighted by atomic mass is 10.0. The Hall–Kier alpha value is -2.91. The summed E-state index contributed by atoms with van der Waals surface area (Å²) in [5.41, 5.74) is -0.0664. The van der Waals surface area contributed by atoms with E-state index in [1.54, 1.807) is 25.3 Å². The van der Waals surface area contributed by atoms with E-state index in [4.69, 9.17) is 14.0 Å². The SMILES string of the molecule is Cc1ccc2scc(C(C(=O)C/C=C/c3ccc(F)c(F)c3)P(=O)(O)OCOC(=O)OC(C)C)c2c1. The van der Waals surface area contributed by atoms with Gasteiger partial charge in [0, 0.05) is 11.1 Å². The molecule has 0 spiro atoms. The standard InChI is InChI=1S/C25H25F2O7PS/c1-15(2)34-25(29)32-14-33-35(30,31)24(19-13-36-23-10-7-16(3)11-18(19)23)22(28)6-4-5-17-8-9-20(26)21(27)12-17/h4-5,7-13,15,24H,6,14H2,1-3H3,(H,30,31)/b5-4+. The van der Waals surface area contributed by atoms with E-state index < -0.39 is 49.7 Å². The largest absolute Gasteiger partial charge is 0.510 e. The van der Waals surface area contributed by atoms with Crippen LogP contribution < -0.4 is 0 Å². The molecule has 1 heterocycles. The molecule has 0 bridgehead atoms. The number of thiophene rings is 1. The minimum absolute atomic E-state index is 0.295. The van der Waals surface area contributed by atoms with Crippen LogP contribution in [0, 0.1) is 18.6 Å². The van der Waals surface area contributed by atoms with Crippen LogP contribution in [0.5, 0.6) is 0 Å². The summed E-state index contributed by atoms with van der Waals surface area (Å²) in [5.74, 6) is -2.68. The zero-order valence-electron chi connectivity index (χ0n) is 19.8. The van der Waals surface area contributed by atoms with Crippen LogP contribution in [0.3, 0.4) is 0 Å². The zero-order valence-corrected chi connectivity index (χ0v) is 21.5. The highest BCUT2D eigenvalue weighted by Crippen LogP contribution is 2.59. The molecule has 2 unspecified atom stereocenters. The number of Topliss-reactive ketones (excluding diaryl/α,β-unsaturated/α-hetero) is 1. The number of allylic oxidation sites excluding steroid dienone is 1. The van der Waals surface area contributed by atoms with Crippen LogP contribution in [0.4, 0.5) is 13.6 Å². The fourth-order valence-corrected chi connectivity index (χ4v) is 5.85. The maximum absolute atomic E-state index is 13.5. The van der Waals surface area contributed by atoms with Crippen molar-refractivity contribution in [3.8, 4) is 0 Å². The molecule has 0 aliphatic carbocycles. The minimum atomic E-state index is -4.70. The number of fused-ring (bicyclic) bond motifs is 1. The molecule has 0 radical (unpaired) electrons. The van der Waals surface area contributed by atoms with E-state index in [2.05, 4.69) is 0 Å². The number of ether oxygens (including phenoxy) is 2. The van der Waals surface area contributed by atoms with E-state index in [9.17, 15) is 27.8 Å². The molecule has 0 fully saturated rings. The molecular weight excluding hydrogens is 513 g/mol. The Balaban J connectivity index is 1.86. The van der Waals surface area contributed by atoms with E-state index in [-0.39, 0.29) is 6.42 Å². The number of carbonyl (C=O) groups is 2. The molecule has 0 aliphatic rings. The van der Waals surface area contributed by atoms with Gasteiger partial charge in [-0.1, -0.05) is 35.9 Å². The average molecular weight is 539 g/mol. The van der Waals surface area contributed by atoms with Gasteiger partial charge in [0.05, 0.1) is 6.10 Å². The Bertz CT molecular complexity index is 1340. The van der Waals surface area contributed by atoms with Gasteiger partial charge in [-0.2, -0.15) is 0 Å². The summed E-state index contributed by atoms with van der Waals surface area (Å²) in [4.78, 5) is 35.6. The lowest BCUT2D eigenvalue weighted by Gasteiger charge is -2.21. The number of hydrogen-bond acceptors (Lipinski definition) is 7. The average Bonchev–Trinajstić information content (AvgIpc) is 3.18. The molecule has 0 amide bonds. The van der Waals surface area contributed by atoms with Gasteiger partial charge in [0.1, 0.15) is 5.66 Å². The molecule has 0 saturated carbocycles. The molecule has 192 valence electrons. The zero-order chi connectivity index (χ0) is 26.5. The molecule has 3 aromatic rings. The normalized spacial score (nSPS) is 14.2. The van der Waals surface area contributed by atoms with Crippen molar-refractivity contribution in [2.75, 3.05) is 6.79 Å². The van der Waals surface area contributed by atoms with Gasteiger partial charge in [0.2, 0.25) is 6.79 Å². The van der Waals surface area contributed by atoms with Gasteiger partial charge in [-0.3, -0.25) is 13.9 Å². The number of halogens is 2. The Morgan fingerprint density at radius 1 is 1.14 bits per heavy atom. The first-order chi connectivity index (χ1) is 17.0. The number of benzene rings is 2. The van der Waals surface area contributed by atoms with Crippen molar-refractivity contribution in [1.82, 2.24) is 0 Å². The van der Waals surface area contributed by atoms with Crippen molar-refractivity contribution in [3.05, 3.63) is 76.2 Å². The third kappa shape index (κ3) is 7.07. The fourth-order valence-electron chi connectivity index (χ4n) is 3.40. The monoisotopic (exact) mass is 538 g/mol. The number of aryl methyl sites for hydroxylation is 1. The number of rotatable bonds is 10. The molecule has 2 atom stereocenters. The Morgan fingerprint density at radius 3 is 2.58 bits per heavy atom. The highest BCUT2D eigenvalue weighted by Gasteiger charge is 2.41. The van der Waals surface area contributed by atoms with E-state index in [1.807, 2.05) is 19.1 Å². The molecule has 11 heteroatoms. The third-order valence-corrected chi connectivity index (χ3v) is 7.68. The third-order valence-electron chi connectivity index (χ3n) is 5.00. The maximum Gasteiger partial charge on any atom is 0.510 e. The van der Waals surface area contributed by atoms with E-state index in [0.29, 0.717) is 16.5 Å². The summed E-state index contributed by atoms with van der Waals surface area (Å²) in [6, 6.07) is 8.79. The van der Waals surface area contributed by atoms with Crippen molar-refractivity contribution in [1.29, 1.82) is 0 Å². The summed E-state index contributed by atoms with van der Waals surface area (Å²) >= 11 is 1.30. The lowest BCUT2D eigenvalue weighted by molar-refractivity contribution is -0.118. The van der Waals surface area contributed by atoms with Crippen LogP contribution in [-0.2, 0) is 23.4 Å². The molecule has 0 aliphatic heterocycles. The number of hydrogen-bond donors (Lipinski definition) is 1. The van der Waals surface area contributed by atoms with E-state index in [0.717, 1.165) is 22.4 Å². The molecule has 36 heavy (non-hydrogen) atoms. The smallest absolute Gasteiger partial charge is 0.432 e. The van der Waals surface area contributed by atoms with Crippen LogP contribution in [-0.4, -0.2) is 29.7 Å². The second-order valence-electron chi connectivity index (χ2n) is 8.21. The first kappa shape index (κ1) is 27.7. The summed E-state index contributed by atoms with van der Waals surface area (Å²) in [6.07, 6.45) is 0.949. The fraction of sp³-hybridized carbons (Fsp3) is 0.280. The first-order valence-electron chi connectivity index (χ1n) is 10.9. The highest BCUT2D eigenvalue weighted by atomic mass is 32.1. The highest BCUT2D eigenvalue weighted by molar-refractivity contribution is 7.54. The van der Waals surface area contributed by atoms with Crippen LogP contribution in [0.2, 0.25) is 0 Å². The Labute approximate surface area is 210 Å². The minimum Gasteiger partial charge on any atom is -0.432 e. The molecule has 1 aromatic heterocycles. The summed E-state index contributed by atoms with van der Waals surface area (Å²) < 4.78 is 55.2. The van der Waals surface area contributed by atoms with Crippen molar-refractivity contribution < 1.29 is 41.8 Å². The molecular formula is C25H25F2O7PS. The van der Waals surface area contributed by atoms with Gasteiger partial charge in [-0.15, -0.1) is 11.3 Å². The molecule has 1 N–H and O–H groups in total. The first-order valence-corrected chi connectivity index (χ1v) is 13.4. The lowest BCUT2D eigenvalue weighted by Crippen LogP contribution is -2.17. The van der Waals surface area contributed by atoms with Crippen LogP contribution in [0.25, 0.3) is 16.2 Å². The van der Waals surface area contributed by atoms with Gasteiger partial charge in [0.15, 0.2) is 17.4 Å².